The van der Waals surface area contributed by atoms with Crippen molar-refractivity contribution in [2.75, 3.05) is 14.2 Å². The van der Waals surface area contributed by atoms with Crippen molar-refractivity contribution < 1.29 is 14.3 Å². The summed E-state index contributed by atoms with van der Waals surface area (Å²) in [6.07, 6.45) is 0. The quantitative estimate of drug-likeness (QED) is 0.829. The Morgan fingerprint density at radius 1 is 1.10 bits per heavy atom. The predicted octanol–water partition coefficient (Wildman–Crippen LogP) is 2.77. The first-order valence-corrected chi connectivity index (χ1v) is 6.76. The van der Waals surface area contributed by atoms with Crippen molar-refractivity contribution in [3.63, 3.8) is 0 Å². The molecule has 2 aromatic carbocycles. The normalized spacial score (nSPS) is 10.2. The molecule has 1 N–H and O–H groups in total. The number of carbonyl (C=O) groups excluding carboxylic acids is 1. The molecule has 0 fully saturated rings. The third-order valence-corrected chi connectivity index (χ3v) is 3.06. The monoisotopic (exact) mass is 285 g/mol. The molecular weight excluding hydrogens is 266 g/mol. The fraction of sp³-hybridized carbons (Fsp3) is 0.235. The minimum atomic E-state index is -0.331. The third kappa shape index (κ3) is 4.33. The zero-order valence-electron chi connectivity index (χ0n) is 12.3. The van der Waals surface area contributed by atoms with Gasteiger partial charge in [-0.25, -0.2) is 4.79 Å². The summed E-state index contributed by atoms with van der Waals surface area (Å²) in [7, 11) is 3.29. The Morgan fingerprint density at radius 2 is 1.86 bits per heavy atom. The molecule has 0 unspecified atom stereocenters. The zero-order chi connectivity index (χ0) is 15.1. The Labute approximate surface area is 124 Å². The van der Waals surface area contributed by atoms with E-state index in [2.05, 4.69) is 16.1 Å². The van der Waals surface area contributed by atoms with E-state index in [0.717, 1.165) is 17.9 Å². The van der Waals surface area contributed by atoms with E-state index in [1.165, 1.54) is 12.7 Å². The number of nitrogens with one attached hydrogen (secondary N) is 1. The summed E-state index contributed by atoms with van der Waals surface area (Å²) in [6.45, 7) is 1.27. The minimum absolute atomic E-state index is 0.331. The third-order valence-electron chi connectivity index (χ3n) is 3.06. The fourth-order valence-corrected chi connectivity index (χ4v) is 1.97. The number of benzene rings is 2. The number of hydrogen-bond acceptors (Lipinski definition) is 4. The number of ether oxygens (including phenoxy) is 2. The standard InChI is InChI=1S/C17H19NO3/c1-18-11-14-4-3-5-16(10-14)21-12-13-6-8-15(9-7-13)17(19)20-2/h3-10,18H,11-12H2,1-2H3. The summed E-state index contributed by atoms with van der Waals surface area (Å²) in [5.41, 5.74) is 2.72. The molecule has 110 valence electrons. The highest BCUT2D eigenvalue weighted by Crippen LogP contribution is 2.15. The molecule has 4 heteroatoms. The smallest absolute Gasteiger partial charge is 0.337 e. The van der Waals surface area contributed by atoms with E-state index in [9.17, 15) is 4.79 Å². The van der Waals surface area contributed by atoms with Gasteiger partial charge < -0.3 is 14.8 Å². The van der Waals surface area contributed by atoms with Crippen molar-refractivity contribution in [2.24, 2.45) is 0 Å². The van der Waals surface area contributed by atoms with Crippen molar-refractivity contribution in [2.45, 2.75) is 13.2 Å². The SMILES string of the molecule is CNCc1cccc(OCc2ccc(C(=O)OC)cc2)c1. The predicted molar refractivity (Wildman–Crippen MR) is 81.3 cm³/mol. The summed E-state index contributed by atoms with van der Waals surface area (Å²) in [4.78, 5) is 11.3. The second-order valence-electron chi connectivity index (χ2n) is 4.65. The minimum Gasteiger partial charge on any atom is -0.489 e. The molecule has 0 atom stereocenters. The van der Waals surface area contributed by atoms with E-state index >= 15 is 0 Å². The lowest BCUT2D eigenvalue weighted by molar-refractivity contribution is 0.0600. The number of esters is 1. The molecule has 0 aromatic heterocycles. The van der Waals surface area contributed by atoms with Gasteiger partial charge in [-0.1, -0.05) is 24.3 Å². The highest BCUT2D eigenvalue weighted by Gasteiger charge is 2.04. The largest absolute Gasteiger partial charge is 0.489 e. The maximum atomic E-state index is 11.3. The van der Waals surface area contributed by atoms with Gasteiger partial charge in [0.1, 0.15) is 12.4 Å². The van der Waals surface area contributed by atoms with Crippen LogP contribution in [0.3, 0.4) is 0 Å². The fourth-order valence-electron chi connectivity index (χ4n) is 1.97. The Hall–Kier alpha value is -2.33. The molecule has 0 heterocycles. The maximum absolute atomic E-state index is 11.3. The molecule has 0 amide bonds. The number of hydrogen-bond donors (Lipinski definition) is 1. The van der Waals surface area contributed by atoms with Gasteiger partial charge in [0.15, 0.2) is 0 Å². The summed E-state index contributed by atoms with van der Waals surface area (Å²) < 4.78 is 10.4. The van der Waals surface area contributed by atoms with Crippen molar-refractivity contribution >= 4 is 5.97 Å². The van der Waals surface area contributed by atoms with Crippen LogP contribution in [0, 0.1) is 0 Å². The van der Waals surface area contributed by atoms with Crippen molar-refractivity contribution in [3.8, 4) is 5.75 Å². The molecule has 0 radical (unpaired) electrons. The molecule has 0 aliphatic carbocycles. The van der Waals surface area contributed by atoms with Crippen molar-refractivity contribution in [1.29, 1.82) is 0 Å². The van der Waals surface area contributed by atoms with E-state index in [1.54, 1.807) is 12.1 Å². The lowest BCUT2D eigenvalue weighted by atomic mass is 10.1. The van der Waals surface area contributed by atoms with Crippen LogP contribution >= 0.6 is 0 Å². The molecule has 0 saturated carbocycles. The molecule has 0 spiro atoms. The van der Waals surface area contributed by atoms with Gasteiger partial charge in [0.25, 0.3) is 0 Å². The van der Waals surface area contributed by atoms with Crippen LogP contribution in [-0.2, 0) is 17.9 Å². The van der Waals surface area contributed by atoms with Gasteiger partial charge in [-0.15, -0.1) is 0 Å². The van der Waals surface area contributed by atoms with Gasteiger partial charge >= 0.3 is 5.97 Å². The van der Waals surface area contributed by atoms with Crippen molar-refractivity contribution in [1.82, 2.24) is 5.32 Å². The number of rotatable bonds is 6. The molecule has 2 rings (SSSR count). The van der Waals surface area contributed by atoms with Crippen LogP contribution in [0.25, 0.3) is 0 Å². The van der Waals surface area contributed by atoms with Gasteiger partial charge in [-0.05, 0) is 42.4 Å². The highest BCUT2D eigenvalue weighted by atomic mass is 16.5. The second-order valence-corrected chi connectivity index (χ2v) is 4.65. The maximum Gasteiger partial charge on any atom is 0.337 e. The molecule has 0 bridgehead atoms. The number of methoxy groups -OCH3 is 1. The first-order chi connectivity index (χ1) is 10.2. The van der Waals surface area contributed by atoms with Crippen LogP contribution in [0.2, 0.25) is 0 Å². The van der Waals surface area contributed by atoms with Gasteiger partial charge in [0.05, 0.1) is 12.7 Å². The van der Waals surface area contributed by atoms with Crippen LogP contribution < -0.4 is 10.1 Å². The summed E-state index contributed by atoms with van der Waals surface area (Å²) in [5, 5.41) is 3.11. The summed E-state index contributed by atoms with van der Waals surface area (Å²) in [6, 6.07) is 15.2. The molecule has 0 aliphatic rings. The molecular formula is C17H19NO3. The number of carbonyl (C=O) groups is 1. The Morgan fingerprint density at radius 3 is 2.52 bits per heavy atom. The van der Waals surface area contributed by atoms with Crippen LogP contribution in [0.5, 0.6) is 5.75 Å². The Kier molecular flexibility index (Phi) is 5.35. The average Bonchev–Trinajstić information content (AvgIpc) is 2.53. The molecule has 4 nitrogen and oxygen atoms in total. The first kappa shape index (κ1) is 15.1. The average molecular weight is 285 g/mol. The highest BCUT2D eigenvalue weighted by molar-refractivity contribution is 5.89. The van der Waals surface area contributed by atoms with Crippen LogP contribution in [0.4, 0.5) is 0 Å². The topological polar surface area (TPSA) is 47.6 Å². The Bertz CT molecular complexity index is 593. The van der Waals surface area contributed by atoms with Crippen LogP contribution in [-0.4, -0.2) is 20.1 Å². The van der Waals surface area contributed by atoms with Crippen LogP contribution in [0.15, 0.2) is 48.5 Å². The molecule has 2 aromatic rings. The van der Waals surface area contributed by atoms with E-state index in [1.807, 2.05) is 37.4 Å². The molecule has 0 aliphatic heterocycles. The van der Waals surface area contributed by atoms with Gasteiger partial charge in [0.2, 0.25) is 0 Å². The lowest BCUT2D eigenvalue weighted by Crippen LogP contribution is -2.05. The first-order valence-electron chi connectivity index (χ1n) is 6.76. The molecule has 0 saturated heterocycles. The van der Waals surface area contributed by atoms with E-state index in [0.29, 0.717) is 12.2 Å². The summed E-state index contributed by atoms with van der Waals surface area (Å²) in [5.74, 6) is 0.502. The van der Waals surface area contributed by atoms with Gasteiger partial charge in [-0.3, -0.25) is 0 Å². The van der Waals surface area contributed by atoms with Crippen molar-refractivity contribution in [3.05, 3.63) is 65.2 Å². The van der Waals surface area contributed by atoms with Crippen LogP contribution in [0.1, 0.15) is 21.5 Å². The summed E-state index contributed by atoms with van der Waals surface area (Å²) >= 11 is 0. The second kappa shape index (κ2) is 7.45. The zero-order valence-corrected chi connectivity index (χ0v) is 12.3. The van der Waals surface area contributed by atoms with E-state index in [4.69, 9.17) is 4.74 Å². The Balaban J connectivity index is 1.96. The van der Waals surface area contributed by atoms with Gasteiger partial charge in [-0.2, -0.15) is 0 Å². The van der Waals surface area contributed by atoms with E-state index < -0.39 is 0 Å². The molecule has 21 heavy (non-hydrogen) atoms. The lowest BCUT2D eigenvalue weighted by Gasteiger charge is -2.08. The van der Waals surface area contributed by atoms with Gasteiger partial charge in [0, 0.05) is 6.54 Å². The van der Waals surface area contributed by atoms with E-state index in [-0.39, 0.29) is 5.97 Å².